The van der Waals surface area contributed by atoms with Gasteiger partial charge < -0.3 is 19.5 Å². The van der Waals surface area contributed by atoms with E-state index < -0.39 is 0 Å². The average Bonchev–Trinajstić information content (AvgIpc) is 2.63. The van der Waals surface area contributed by atoms with E-state index in [9.17, 15) is 4.79 Å². The Labute approximate surface area is 146 Å². The molecule has 2 aromatic rings. The molecule has 6 heteroatoms. The minimum atomic E-state index is -0.386. The van der Waals surface area contributed by atoms with Crippen LogP contribution in [0.1, 0.15) is 29.8 Å². The van der Waals surface area contributed by atoms with Crippen molar-refractivity contribution in [3.8, 4) is 23.3 Å². The Bertz CT molecular complexity index is 779. The summed E-state index contributed by atoms with van der Waals surface area (Å²) in [5, 5.41) is 12.0. The van der Waals surface area contributed by atoms with Gasteiger partial charge in [-0.05, 0) is 44.2 Å². The predicted octanol–water partition coefficient (Wildman–Crippen LogP) is 3.62. The Morgan fingerprint density at radius 3 is 2.36 bits per heavy atom. The predicted molar refractivity (Wildman–Crippen MR) is 94.4 cm³/mol. The van der Waals surface area contributed by atoms with Crippen LogP contribution in [0.5, 0.6) is 17.2 Å². The molecule has 0 unspecified atom stereocenters. The van der Waals surface area contributed by atoms with Gasteiger partial charge >= 0.3 is 0 Å². The summed E-state index contributed by atoms with van der Waals surface area (Å²) in [5.41, 5.74) is 1.17. The quantitative estimate of drug-likeness (QED) is 0.832. The summed E-state index contributed by atoms with van der Waals surface area (Å²) in [6.07, 6.45) is 0. The van der Waals surface area contributed by atoms with Gasteiger partial charge in [-0.3, -0.25) is 4.79 Å². The number of methoxy groups -OCH3 is 1. The first-order chi connectivity index (χ1) is 12.1. The maximum Gasteiger partial charge on any atom is 0.259 e. The molecule has 130 valence electrons. The summed E-state index contributed by atoms with van der Waals surface area (Å²) in [7, 11) is 1.47. The molecule has 0 heterocycles. The number of carbonyl (C=O) groups is 1. The zero-order chi connectivity index (χ0) is 18.2. The van der Waals surface area contributed by atoms with Crippen molar-refractivity contribution in [2.24, 2.45) is 0 Å². The van der Waals surface area contributed by atoms with Crippen LogP contribution in [0.2, 0.25) is 0 Å². The normalized spacial score (nSPS) is 9.84. The molecule has 0 aliphatic heterocycles. The Hall–Kier alpha value is -3.20. The van der Waals surface area contributed by atoms with E-state index in [0.29, 0.717) is 36.0 Å². The van der Waals surface area contributed by atoms with Gasteiger partial charge in [-0.2, -0.15) is 5.26 Å². The lowest BCUT2D eigenvalue weighted by molar-refractivity contribution is 0.102. The van der Waals surface area contributed by atoms with Crippen LogP contribution in [0, 0.1) is 11.3 Å². The molecule has 0 aliphatic rings. The topological polar surface area (TPSA) is 80.6 Å². The van der Waals surface area contributed by atoms with Crippen molar-refractivity contribution in [1.82, 2.24) is 0 Å². The molecule has 1 N–H and O–H groups in total. The van der Waals surface area contributed by atoms with Gasteiger partial charge in [0.05, 0.1) is 37.5 Å². The van der Waals surface area contributed by atoms with Gasteiger partial charge in [0.1, 0.15) is 5.75 Å². The van der Waals surface area contributed by atoms with E-state index in [2.05, 4.69) is 5.32 Å². The first-order valence-electron chi connectivity index (χ1n) is 7.92. The van der Waals surface area contributed by atoms with Gasteiger partial charge in [0.2, 0.25) is 0 Å². The molecule has 0 saturated carbocycles. The van der Waals surface area contributed by atoms with Crippen molar-refractivity contribution in [3.63, 3.8) is 0 Å². The van der Waals surface area contributed by atoms with E-state index in [-0.39, 0.29) is 11.5 Å². The zero-order valence-corrected chi connectivity index (χ0v) is 14.5. The number of hydrogen-bond donors (Lipinski definition) is 1. The first kappa shape index (κ1) is 18.1. The molecule has 0 saturated heterocycles. The number of amides is 1. The monoisotopic (exact) mass is 340 g/mol. The van der Waals surface area contributed by atoms with Crippen molar-refractivity contribution < 1.29 is 19.0 Å². The van der Waals surface area contributed by atoms with Crippen LogP contribution in [0.3, 0.4) is 0 Å². The number of hydrogen-bond acceptors (Lipinski definition) is 5. The minimum Gasteiger partial charge on any atom is -0.494 e. The van der Waals surface area contributed by atoms with Crippen molar-refractivity contribution >= 4 is 11.6 Å². The number of ether oxygens (including phenoxy) is 3. The van der Waals surface area contributed by atoms with Gasteiger partial charge in [0.15, 0.2) is 11.5 Å². The van der Waals surface area contributed by atoms with Crippen LogP contribution < -0.4 is 19.5 Å². The summed E-state index contributed by atoms with van der Waals surface area (Å²) < 4.78 is 16.2. The number of carbonyl (C=O) groups excluding carboxylic acids is 1. The number of nitrogens with one attached hydrogen (secondary N) is 1. The summed E-state index contributed by atoms with van der Waals surface area (Å²) in [4.78, 5) is 12.7. The SMILES string of the molecule is CCOc1ccc(NC(=O)c2cc(C#N)cc(OC)c2OCC)cc1. The number of nitrogens with zero attached hydrogens (tertiary/aromatic N) is 1. The van der Waals surface area contributed by atoms with Gasteiger partial charge in [-0.15, -0.1) is 0 Å². The molecular formula is C19H20N2O4. The Morgan fingerprint density at radius 1 is 1.12 bits per heavy atom. The fourth-order valence-corrected chi connectivity index (χ4v) is 2.28. The standard InChI is InChI=1S/C19H20N2O4/c1-4-24-15-8-6-14(7-9-15)21-19(22)16-10-13(12-20)11-17(23-3)18(16)25-5-2/h6-11H,4-5H2,1-3H3,(H,21,22). The lowest BCUT2D eigenvalue weighted by atomic mass is 10.1. The number of nitriles is 1. The lowest BCUT2D eigenvalue weighted by Crippen LogP contribution is -2.14. The fourth-order valence-electron chi connectivity index (χ4n) is 2.28. The third-order valence-electron chi connectivity index (χ3n) is 3.36. The molecule has 0 aliphatic carbocycles. The highest BCUT2D eigenvalue weighted by atomic mass is 16.5. The van der Waals surface area contributed by atoms with Gasteiger partial charge in [-0.1, -0.05) is 0 Å². The Balaban J connectivity index is 2.32. The second kappa shape index (κ2) is 8.60. The first-order valence-corrected chi connectivity index (χ1v) is 7.92. The number of benzene rings is 2. The van der Waals surface area contributed by atoms with E-state index in [1.54, 1.807) is 30.3 Å². The summed E-state index contributed by atoms with van der Waals surface area (Å²) in [6, 6.07) is 12.1. The third-order valence-corrected chi connectivity index (χ3v) is 3.36. The number of rotatable bonds is 7. The largest absolute Gasteiger partial charge is 0.494 e. The van der Waals surface area contributed by atoms with Crippen molar-refractivity contribution in [2.75, 3.05) is 25.6 Å². The second-order valence-corrected chi connectivity index (χ2v) is 5.01. The molecular weight excluding hydrogens is 320 g/mol. The number of anilines is 1. The third kappa shape index (κ3) is 4.42. The van der Waals surface area contributed by atoms with Crippen LogP contribution in [-0.2, 0) is 0 Å². The molecule has 0 fully saturated rings. The van der Waals surface area contributed by atoms with Crippen LogP contribution in [0.25, 0.3) is 0 Å². The fraction of sp³-hybridized carbons (Fsp3) is 0.263. The molecule has 0 spiro atoms. The van der Waals surface area contributed by atoms with Gasteiger partial charge in [0, 0.05) is 11.8 Å². The minimum absolute atomic E-state index is 0.242. The Kier molecular flexibility index (Phi) is 6.24. The molecule has 0 radical (unpaired) electrons. The maximum atomic E-state index is 12.7. The van der Waals surface area contributed by atoms with Crippen molar-refractivity contribution in [3.05, 3.63) is 47.5 Å². The Morgan fingerprint density at radius 2 is 1.80 bits per heavy atom. The average molecular weight is 340 g/mol. The molecule has 2 rings (SSSR count). The summed E-state index contributed by atoms with van der Waals surface area (Å²) in [6.45, 7) is 4.65. The highest BCUT2D eigenvalue weighted by Gasteiger charge is 2.19. The van der Waals surface area contributed by atoms with Crippen molar-refractivity contribution in [2.45, 2.75) is 13.8 Å². The molecule has 25 heavy (non-hydrogen) atoms. The maximum absolute atomic E-state index is 12.7. The van der Waals surface area contributed by atoms with E-state index >= 15 is 0 Å². The molecule has 2 aromatic carbocycles. The van der Waals surface area contributed by atoms with E-state index in [0.717, 1.165) is 5.75 Å². The zero-order valence-electron chi connectivity index (χ0n) is 14.5. The molecule has 0 bridgehead atoms. The van der Waals surface area contributed by atoms with E-state index in [4.69, 9.17) is 19.5 Å². The molecule has 1 amide bonds. The van der Waals surface area contributed by atoms with Crippen LogP contribution in [0.15, 0.2) is 36.4 Å². The van der Waals surface area contributed by atoms with Gasteiger partial charge in [-0.25, -0.2) is 0 Å². The van der Waals surface area contributed by atoms with Gasteiger partial charge in [0.25, 0.3) is 5.91 Å². The van der Waals surface area contributed by atoms with Crippen LogP contribution in [0.4, 0.5) is 5.69 Å². The smallest absolute Gasteiger partial charge is 0.259 e. The van der Waals surface area contributed by atoms with E-state index in [1.165, 1.54) is 13.2 Å². The van der Waals surface area contributed by atoms with Crippen LogP contribution >= 0.6 is 0 Å². The summed E-state index contributed by atoms with van der Waals surface area (Å²) in [5.74, 6) is 0.997. The van der Waals surface area contributed by atoms with E-state index in [1.807, 2.05) is 19.9 Å². The highest BCUT2D eigenvalue weighted by molar-refractivity contribution is 6.07. The highest BCUT2D eigenvalue weighted by Crippen LogP contribution is 2.33. The second-order valence-electron chi connectivity index (χ2n) is 5.01. The van der Waals surface area contributed by atoms with Crippen molar-refractivity contribution in [1.29, 1.82) is 5.26 Å². The molecule has 0 aromatic heterocycles. The molecule has 0 atom stereocenters. The molecule has 6 nitrogen and oxygen atoms in total. The lowest BCUT2D eigenvalue weighted by Gasteiger charge is -2.15. The van der Waals surface area contributed by atoms with Crippen LogP contribution in [-0.4, -0.2) is 26.2 Å². The summed E-state index contributed by atoms with van der Waals surface area (Å²) >= 11 is 0.